The van der Waals surface area contributed by atoms with Gasteiger partial charge in [0.05, 0.1) is 5.56 Å². The van der Waals surface area contributed by atoms with E-state index in [0.717, 1.165) is 24.8 Å². The van der Waals surface area contributed by atoms with Crippen molar-refractivity contribution in [2.75, 3.05) is 24.7 Å². The molecule has 3 rings (SSSR count). The van der Waals surface area contributed by atoms with Crippen LogP contribution in [0.15, 0.2) is 72.8 Å². The van der Waals surface area contributed by atoms with Crippen LogP contribution in [0, 0.1) is 0 Å². The Labute approximate surface area is 227 Å². The van der Waals surface area contributed by atoms with Crippen molar-refractivity contribution >= 4 is 35.4 Å². The van der Waals surface area contributed by atoms with Gasteiger partial charge in [-0.2, -0.15) is 0 Å². The quantitative estimate of drug-likeness (QED) is 0.1000. The van der Waals surface area contributed by atoms with E-state index in [4.69, 9.17) is 30.4 Å². The molecule has 9 nitrogen and oxygen atoms in total. The maximum Gasteiger partial charge on any atom is 0.338 e. The number of hydrogen-bond acceptors (Lipinski definition) is 9. The smallest absolute Gasteiger partial charge is 0.338 e. The van der Waals surface area contributed by atoms with Gasteiger partial charge >= 0.3 is 17.9 Å². The lowest BCUT2D eigenvalue weighted by Gasteiger charge is -2.08. The number of hydrogen-bond donors (Lipinski definition) is 2. The zero-order valence-electron chi connectivity index (χ0n) is 21.8. The van der Waals surface area contributed by atoms with E-state index in [9.17, 15) is 14.4 Å². The Morgan fingerprint density at radius 1 is 0.769 bits per heavy atom. The number of benzene rings is 3. The molecule has 0 spiro atoms. The van der Waals surface area contributed by atoms with Gasteiger partial charge in [0, 0.05) is 23.9 Å². The minimum Gasteiger partial charge on any atom is -0.490 e. The summed E-state index contributed by atoms with van der Waals surface area (Å²) in [5, 5.41) is 0. The molecule has 0 amide bonds. The lowest BCUT2D eigenvalue weighted by Crippen LogP contribution is -2.13. The molecule has 0 bridgehead atoms. The molecule has 3 aromatic rings. The lowest BCUT2D eigenvalue weighted by molar-refractivity contribution is -0.134. The maximum absolute atomic E-state index is 12.2. The molecule has 9 heteroatoms. The molecule has 0 atom stereocenters. The number of carbonyl (C=O) groups excluding carboxylic acids is 3. The van der Waals surface area contributed by atoms with Gasteiger partial charge in [0.2, 0.25) is 0 Å². The van der Waals surface area contributed by atoms with Gasteiger partial charge in [0.15, 0.2) is 0 Å². The Kier molecular flexibility index (Phi) is 10.9. The summed E-state index contributed by atoms with van der Waals surface area (Å²) in [4.78, 5) is 36.0. The van der Waals surface area contributed by atoms with Crippen LogP contribution < -0.4 is 25.7 Å². The van der Waals surface area contributed by atoms with E-state index >= 15 is 0 Å². The van der Waals surface area contributed by atoms with E-state index in [1.165, 1.54) is 18.2 Å². The van der Waals surface area contributed by atoms with Crippen molar-refractivity contribution in [1.29, 1.82) is 0 Å². The largest absolute Gasteiger partial charge is 0.490 e. The summed E-state index contributed by atoms with van der Waals surface area (Å²) in [6.45, 7) is 2.27. The number of esters is 3. The van der Waals surface area contributed by atoms with Crippen molar-refractivity contribution in [3.63, 3.8) is 0 Å². The zero-order chi connectivity index (χ0) is 28.0. The molecule has 0 aliphatic heterocycles. The van der Waals surface area contributed by atoms with Gasteiger partial charge in [0.1, 0.15) is 30.5 Å². The van der Waals surface area contributed by atoms with Crippen molar-refractivity contribution in [3.8, 4) is 17.2 Å². The van der Waals surface area contributed by atoms with Gasteiger partial charge in [-0.25, -0.2) is 9.59 Å². The Morgan fingerprint density at radius 3 is 2.03 bits per heavy atom. The van der Waals surface area contributed by atoms with E-state index in [0.29, 0.717) is 35.0 Å². The second-order valence-electron chi connectivity index (χ2n) is 8.60. The molecule has 0 radical (unpaired) electrons. The third-order valence-corrected chi connectivity index (χ3v) is 5.35. The van der Waals surface area contributed by atoms with Crippen molar-refractivity contribution in [2.24, 2.45) is 0 Å². The first kappa shape index (κ1) is 28.8. The second-order valence-corrected chi connectivity index (χ2v) is 8.60. The molecular weight excluding hydrogens is 500 g/mol. The number of rotatable bonds is 13. The molecule has 0 saturated heterocycles. The van der Waals surface area contributed by atoms with E-state index < -0.39 is 11.9 Å². The van der Waals surface area contributed by atoms with Crippen LogP contribution in [0.5, 0.6) is 17.2 Å². The van der Waals surface area contributed by atoms with Gasteiger partial charge in [-0.3, -0.25) is 4.79 Å². The van der Waals surface area contributed by atoms with Crippen LogP contribution in [0.1, 0.15) is 48.5 Å². The zero-order valence-corrected chi connectivity index (χ0v) is 21.8. The lowest BCUT2D eigenvalue weighted by atomic mass is 10.2. The highest BCUT2D eigenvalue weighted by Gasteiger charge is 2.09. The third-order valence-electron chi connectivity index (χ3n) is 5.35. The van der Waals surface area contributed by atoms with Crippen molar-refractivity contribution < 1.29 is 33.3 Å². The van der Waals surface area contributed by atoms with Gasteiger partial charge in [-0.05, 0) is 72.7 Å². The second kappa shape index (κ2) is 14.8. The van der Waals surface area contributed by atoms with Crippen LogP contribution in [0.2, 0.25) is 0 Å². The Balaban J connectivity index is 1.38. The monoisotopic (exact) mass is 532 g/mol. The average molecular weight is 533 g/mol. The standard InChI is InChI=1S/C30H32N2O7/c1-2-3-4-5-28(33)38-26-11-13-27(14-12-26)39-29(34)15-8-21-6-9-25(10-7-21)36-16-17-37-30(35)22-18-23(31)20-24(32)19-22/h6-15,18-20H,2-5,16-17,31-32H2,1H3/b15-8+. The van der Waals surface area contributed by atoms with E-state index in [-0.39, 0.29) is 24.7 Å². The summed E-state index contributed by atoms with van der Waals surface area (Å²) in [5.41, 5.74) is 13.2. The predicted molar refractivity (Wildman–Crippen MR) is 148 cm³/mol. The Hall–Kier alpha value is -4.79. The predicted octanol–water partition coefficient (Wildman–Crippen LogP) is 5.19. The minimum absolute atomic E-state index is 0.0450. The molecule has 204 valence electrons. The maximum atomic E-state index is 12.2. The molecule has 4 N–H and O–H groups in total. The molecule has 0 heterocycles. The SMILES string of the molecule is CCCCCC(=O)Oc1ccc(OC(=O)/C=C/c2ccc(OCCOC(=O)c3cc(N)cc(N)c3)cc2)cc1. The van der Waals surface area contributed by atoms with Crippen LogP contribution in [0.25, 0.3) is 6.08 Å². The van der Waals surface area contributed by atoms with Crippen molar-refractivity contribution in [2.45, 2.75) is 32.6 Å². The summed E-state index contributed by atoms with van der Waals surface area (Å²) < 4.78 is 21.3. The van der Waals surface area contributed by atoms with E-state index in [2.05, 4.69) is 6.92 Å². The fraction of sp³-hybridized carbons (Fsp3) is 0.233. The molecule has 0 fully saturated rings. The summed E-state index contributed by atoms with van der Waals surface area (Å²) in [6.07, 6.45) is 6.10. The van der Waals surface area contributed by atoms with Gasteiger partial charge in [-0.1, -0.05) is 31.9 Å². The fourth-order valence-electron chi connectivity index (χ4n) is 3.44. The number of carbonyl (C=O) groups is 3. The van der Waals surface area contributed by atoms with Gasteiger partial charge in [0.25, 0.3) is 0 Å². The number of nitrogens with two attached hydrogens (primary N) is 2. The average Bonchev–Trinajstić information content (AvgIpc) is 2.91. The number of anilines is 2. The van der Waals surface area contributed by atoms with Crippen LogP contribution in [-0.2, 0) is 14.3 Å². The van der Waals surface area contributed by atoms with E-state index in [1.807, 2.05) is 0 Å². The summed E-state index contributed by atoms with van der Waals surface area (Å²) in [6, 6.07) is 17.8. The first-order valence-corrected chi connectivity index (χ1v) is 12.6. The fourth-order valence-corrected chi connectivity index (χ4v) is 3.44. The minimum atomic E-state index is -0.552. The van der Waals surface area contributed by atoms with Gasteiger partial charge in [-0.15, -0.1) is 0 Å². The highest BCUT2D eigenvalue weighted by molar-refractivity contribution is 5.91. The van der Waals surface area contributed by atoms with Crippen molar-refractivity contribution in [3.05, 3.63) is 83.9 Å². The Bertz CT molecular complexity index is 1270. The Morgan fingerprint density at radius 2 is 1.38 bits per heavy atom. The highest BCUT2D eigenvalue weighted by Crippen LogP contribution is 2.19. The molecule has 0 aromatic heterocycles. The van der Waals surface area contributed by atoms with E-state index in [1.54, 1.807) is 60.7 Å². The molecule has 3 aromatic carbocycles. The molecule has 0 unspecified atom stereocenters. The summed E-state index contributed by atoms with van der Waals surface area (Å²) in [7, 11) is 0. The summed E-state index contributed by atoms with van der Waals surface area (Å²) >= 11 is 0. The normalized spacial score (nSPS) is 10.7. The molecule has 0 saturated carbocycles. The molecule has 39 heavy (non-hydrogen) atoms. The number of unbranched alkanes of at least 4 members (excludes halogenated alkanes) is 2. The van der Waals surface area contributed by atoms with Crippen molar-refractivity contribution in [1.82, 2.24) is 0 Å². The molecule has 0 aliphatic rings. The topological polar surface area (TPSA) is 140 Å². The highest BCUT2D eigenvalue weighted by atomic mass is 16.6. The van der Waals surface area contributed by atoms with Crippen LogP contribution in [-0.4, -0.2) is 31.1 Å². The molecular formula is C30H32N2O7. The molecule has 0 aliphatic carbocycles. The van der Waals surface area contributed by atoms with Gasteiger partial charge < -0.3 is 30.4 Å². The first-order chi connectivity index (χ1) is 18.8. The summed E-state index contributed by atoms with van der Waals surface area (Å²) in [5.74, 6) is -0.0652. The number of ether oxygens (including phenoxy) is 4. The van der Waals surface area contributed by atoms with Crippen LogP contribution >= 0.6 is 0 Å². The van der Waals surface area contributed by atoms with Crippen LogP contribution in [0.3, 0.4) is 0 Å². The number of nitrogen functional groups attached to an aromatic ring is 2. The van der Waals surface area contributed by atoms with Crippen LogP contribution in [0.4, 0.5) is 11.4 Å². The first-order valence-electron chi connectivity index (χ1n) is 12.6. The third kappa shape index (κ3) is 10.2.